The Balaban J connectivity index is 1.83. The molecule has 0 unspecified atom stereocenters. The molecular weight excluding hydrogens is 434 g/mol. The van der Waals surface area contributed by atoms with Crippen molar-refractivity contribution in [3.05, 3.63) is 52.5 Å². The van der Waals surface area contributed by atoms with Crippen LogP contribution in [0.15, 0.2) is 41.3 Å². The van der Waals surface area contributed by atoms with E-state index in [1.807, 2.05) is 24.0 Å². The number of anilines is 1. The summed E-state index contributed by atoms with van der Waals surface area (Å²) in [6.45, 7) is 11.7. The van der Waals surface area contributed by atoms with Gasteiger partial charge in [0.1, 0.15) is 0 Å². The van der Waals surface area contributed by atoms with E-state index >= 15 is 0 Å². The van der Waals surface area contributed by atoms with Gasteiger partial charge in [-0.05, 0) is 56.8 Å². The molecule has 0 aliphatic rings. The number of thiazole rings is 1. The number of hydrogen-bond acceptors (Lipinski definition) is 5. The van der Waals surface area contributed by atoms with E-state index < -0.39 is 0 Å². The molecule has 2 aromatic carbocycles. The molecule has 0 atom stereocenters. The fourth-order valence-corrected chi connectivity index (χ4v) is 5.17. The number of aryl methyl sites for hydroxylation is 2. The van der Waals surface area contributed by atoms with Gasteiger partial charge in [0.05, 0.1) is 16.0 Å². The van der Waals surface area contributed by atoms with Crippen LogP contribution >= 0.6 is 34.7 Å². The van der Waals surface area contributed by atoms with Crippen molar-refractivity contribution >= 4 is 56.0 Å². The maximum Gasteiger partial charge on any atom is 0.239 e. The molecule has 3 aromatic rings. The summed E-state index contributed by atoms with van der Waals surface area (Å²) in [6.07, 6.45) is 0. The van der Waals surface area contributed by atoms with Gasteiger partial charge >= 0.3 is 0 Å². The van der Waals surface area contributed by atoms with E-state index in [2.05, 4.69) is 49.9 Å². The Morgan fingerprint density at radius 1 is 1.07 bits per heavy atom. The zero-order valence-corrected chi connectivity index (χ0v) is 20.3. The molecule has 0 radical (unpaired) electrons. The summed E-state index contributed by atoms with van der Waals surface area (Å²) in [4.78, 5) is 23.3. The van der Waals surface area contributed by atoms with Crippen molar-refractivity contribution in [2.45, 2.75) is 32.6 Å². The minimum atomic E-state index is 0.0792. The van der Waals surface area contributed by atoms with Crippen molar-refractivity contribution in [3.8, 4) is 0 Å². The molecule has 0 aliphatic carbocycles. The Morgan fingerprint density at radius 2 is 1.77 bits per heavy atom. The quantitative estimate of drug-likeness (QED) is 0.364. The van der Waals surface area contributed by atoms with Crippen LogP contribution in [0.4, 0.5) is 5.13 Å². The van der Waals surface area contributed by atoms with Gasteiger partial charge in [0.25, 0.3) is 0 Å². The molecule has 1 amide bonds. The first-order valence-electron chi connectivity index (χ1n) is 10.2. The van der Waals surface area contributed by atoms with Crippen LogP contribution in [0, 0.1) is 13.8 Å². The molecule has 7 heteroatoms. The largest absolute Gasteiger partial charge is 0.302 e. The third-order valence-electron chi connectivity index (χ3n) is 5.19. The highest BCUT2D eigenvalue weighted by atomic mass is 35.5. The number of hydrogen-bond donors (Lipinski definition) is 0. The van der Waals surface area contributed by atoms with E-state index in [0.717, 1.165) is 45.4 Å². The van der Waals surface area contributed by atoms with Crippen LogP contribution in [-0.2, 0) is 4.79 Å². The number of thioether (sulfide) groups is 1. The van der Waals surface area contributed by atoms with Gasteiger partial charge in [0, 0.05) is 23.0 Å². The first-order valence-corrected chi connectivity index (χ1v) is 12.4. The molecule has 30 heavy (non-hydrogen) atoms. The number of carbonyl (C=O) groups excluding carboxylic acids is 1. The van der Waals surface area contributed by atoms with Crippen LogP contribution in [0.1, 0.15) is 25.0 Å². The van der Waals surface area contributed by atoms with Crippen LogP contribution in [0.5, 0.6) is 0 Å². The van der Waals surface area contributed by atoms with E-state index in [-0.39, 0.29) is 5.91 Å². The summed E-state index contributed by atoms with van der Waals surface area (Å²) in [5.41, 5.74) is 3.06. The molecule has 0 aliphatic heterocycles. The first-order chi connectivity index (χ1) is 14.4. The molecule has 3 rings (SSSR count). The van der Waals surface area contributed by atoms with E-state index in [1.165, 1.54) is 5.56 Å². The molecule has 0 bridgehead atoms. The molecule has 4 nitrogen and oxygen atoms in total. The van der Waals surface area contributed by atoms with Crippen LogP contribution in [0.25, 0.3) is 10.2 Å². The molecule has 0 N–H and O–H groups in total. The van der Waals surface area contributed by atoms with E-state index in [1.54, 1.807) is 23.1 Å². The minimum Gasteiger partial charge on any atom is -0.302 e. The Labute approximate surface area is 192 Å². The summed E-state index contributed by atoms with van der Waals surface area (Å²) >= 11 is 9.41. The van der Waals surface area contributed by atoms with Gasteiger partial charge < -0.3 is 4.90 Å². The van der Waals surface area contributed by atoms with Crippen LogP contribution < -0.4 is 4.90 Å². The summed E-state index contributed by atoms with van der Waals surface area (Å²) < 4.78 is 1.05. The van der Waals surface area contributed by atoms with Gasteiger partial charge in [-0.25, -0.2) is 4.98 Å². The van der Waals surface area contributed by atoms with Crippen LogP contribution in [0.2, 0.25) is 5.02 Å². The Bertz CT molecular complexity index is 1000. The second-order valence-corrected chi connectivity index (χ2v) is 9.65. The number of aromatic nitrogens is 1. The summed E-state index contributed by atoms with van der Waals surface area (Å²) in [7, 11) is 0. The number of halogens is 1. The highest BCUT2D eigenvalue weighted by molar-refractivity contribution is 8.00. The highest BCUT2D eigenvalue weighted by Gasteiger charge is 2.21. The maximum atomic E-state index is 13.2. The van der Waals surface area contributed by atoms with E-state index in [0.29, 0.717) is 17.3 Å². The smallest absolute Gasteiger partial charge is 0.239 e. The van der Waals surface area contributed by atoms with Crippen molar-refractivity contribution in [2.75, 3.05) is 36.8 Å². The zero-order valence-electron chi connectivity index (χ0n) is 17.9. The molecular formula is C23H28ClN3OS2. The molecule has 0 saturated heterocycles. The van der Waals surface area contributed by atoms with Crippen LogP contribution in [-0.4, -0.2) is 47.7 Å². The van der Waals surface area contributed by atoms with E-state index in [9.17, 15) is 4.79 Å². The second-order valence-electron chi connectivity index (χ2n) is 7.19. The molecule has 1 heterocycles. The highest BCUT2D eigenvalue weighted by Crippen LogP contribution is 2.34. The second kappa shape index (κ2) is 10.6. The Hall–Kier alpha value is -1.60. The molecule has 1 aromatic heterocycles. The number of benzene rings is 2. The van der Waals surface area contributed by atoms with Crippen molar-refractivity contribution in [1.82, 2.24) is 9.88 Å². The molecule has 160 valence electrons. The lowest BCUT2D eigenvalue weighted by Crippen LogP contribution is -2.39. The fraction of sp³-hybridized carbons (Fsp3) is 0.391. The number of likely N-dealkylation sites (N-methyl/N-ethyl adjacent to an activating group) is 1. The fourth-order valence-electron chi connectivity index (χ4n) is 3.17. The van der Waals surface area contributed by atoms with Crippen molar-refractivity contribution in [1.29, 1.82) is 0 Å². The lowest BCUT2D eigenvalue weighted by molar-refractivity contribution is -0.116. The average Bonchev–Trinajstić information content (AvgIpc) is 3.18. The standard InChI is InChI=1S/C23H28ClN3OS2/c1-5-26(6-2)13-14-27(21(28)15-29-18-9-7-16(3)8-10-18)23-25-22-17(4)19(24)11-12-20(22)30-23/h7-12H,5-6,13-15H2,1-4H3. The number of amides is 1. The minimum absolute atomic E-state index is 0.0792. The monoisotopic (exact) mass is 461 g/mol. The summed E-state index contributed by atoms with van der Waals surface area (Å²) in [5, 5.41) is 1.45. The van der Waals surface area contributed by atoms with Crippen LogP contribution in [0.3, 0.4) is 0 Å². The van der Waals surface area contributed by atoms with Gasteiger partial charge in [-0.15, -0.1) is 11.8 Å². The zero-order chi connectivity index (χ0) is 21.7. The summed E-state index contributed by atoms with van der Waals surface area (Å²) in [5.74, 6) is 0.465. The lowest BCUT2D eigenvalue weighted by atomic mass is 10.2. The predicted molar refractivity (Wildman–Crippen MR) is 131 cm³/mol. The van der Waals surface area contributed by atoms with Gasteiger partial charge in [0.15, 0.2) is 5.13 Å². The topological polar surface area (TPSA) is 36.4 Å². The van der Waals surface area contributed by atoms with Crippen molar-refractivity contribution in [2.24, 2.45) is 0 Å². The number of nitrogens with zero attached hydrogens (tertiary/aromatic N) is 3. The predicted octanol–water partition coefficient (Wildman–Crippen LogP) is 6.03. The average molecular weight is 462 g/mol. The van der Waals surface area contributed by atoms with Crippen molar-refractivity contribution in [3.63, 3.8) is 0 Å². The first kappa shape index (κ1) is 23.1. The Morgan fingerprint density at radius 3 is 2.43 bits per heavy atom. The van der Waals surface area contributed by atoms with Gasteiger partial charge in [-0.3, -0.25) is 9.69 Å². The third-order valence-corrected chi connectivity index (χ3v) is 7.64. The van der Waals surface area contributed by atoms with Gasteiger partial charge in [0.2, 0.25) is 5.91 Å². The normalized spacial score (nSPS) is 11.4. The SMILES string of the molecule is CCN(CC)CCN(C(=O)CSc1ccc(C)cc1)c1nc2c(C)c(Cl)ccc2s1. The van der Waals surface area contributed by atoms with Gasteiger partial charge in [-0.1, -0.05) is 54.5 Å². The number of rotatable bonds is 9. The van der Waals surface area contributed by atoms with Gasteiger partial charge in [-0.2, -0.15) is 0 Å². The van der Waals surface area contributed by atoms with E-state index in [4.69, 9.17) is 16.6 Å². The summed E-state index contributed by atoms with van der Waals surface area (Å²) in [6, 6.07) is 12.2. The molecule has 0 spiro atoms. The molecule has 0 fully saturated rings. The maximum absolute atomic E-state index is 13.2. The third kappa shape index (κ3) is 5.55. The number of carbonyl (C=O) groups is 1. The Kier molecular flexibility index (Phi) is 8.17. The lowest BCUT2D eigenvalue weighted by Gasteiger charge is -2.24. The molecule has 0 saturated carbocycles. The van der Waals surface area contributed by atoms with Crippen molar-refractivity contribution < 1.29 is 4.79 Å². The number of fused-ring (bicyclic) bond motifs is 1.